The van der Waals surface area contributed by atoms with Crippen molar-refractivity contribution in [2.75, 3.05) is 31.4 Å². The number of carbonyl (C=O) groups excluding carboxylic acids is 1. The first kappa shape index (κ1) is 11.7. The summed E-state index contributed by atoms with van der Waals surface area (Å²) in [6, 6.07) is 3.57. The van der Waals surface area contributed by atoms with Gasteiger partial charge < -0.3 is 20.5 Å². The van der Waals surface area contributed by atoms with E-state index in [-0.39, 0.29) is 5.91 Å². The number of nitrogen functional groups attached to an aromatic ring is 1. The van der Waals surface area contributed by atoms with Gasteiger partial charge in [-0.1, -0.05) is 0 Å². The molecule has 1 aromatic rings. The molecule has 1 aromatic carbocycles. The van der Waals surface area contributed by atoms with Crippen molar-refractivity contribution in [3.8, 4) is 5.75 Å². The molecule has 92 valence electrons. The number of carbonyl (C=O) groups is 1. The smallest absolute Gasteiger partial charge is 0.228 e. The Morgan fingerprint density at radius 1 is 1.41 bits per heavy atom. The predicted octanol–water partition coefficient (Wildman–Crippen LogP) is 1.18. The Kier molecular flexibility index (Phi) is 3.49. The Hall–Kier alpha value is -1.75. The maximum atomic E-state index is 11.2. The summed E-state index contributed by atoms with van der Waals surface area (Å²) in [6.07, 6.45) is 1.20. The molecule has 0 saturated carbocycles. The van der Waals surface area contributed by atoms with Gasteiger partial charge in [-0.2, -0.15) is 0 Å². The third-order valence-corrected chi connectivity index (χ3v) is 2.61. The molecular formula is C12H16N2O3. The fourth-order valence-corrected chi connectivity index (χ4v) is 1.78. The Labute approximate surface area is 99.9 Å². The van der Waals surface area contributed by atoms with Gasteiger partial charge in [0.2, 0.25) is 5.91 Å². The van der Waals surface area contributed by atoms with E-state index in [0.717, 1.165) is 17.7 Å². The van der Waals surface area contributed by atoms with Crippen molar-refractivity contribution in [1.29, 1.82) is 0 Å². The van der Waals surface area contributed by atoms with E-state index in [2.05, 4.69) is 5.32 Å². The zero-order chi connectivity index (χ0) is 12.3. The lowest BCUT2D eigenvalue weighted by atomic mass is 10.1. The fourth-order valence-electron chi connectivity index (χ4n) is 1.78. The van der Waals surface area contributed by atoms with Crippen LogP contribution >= 0.6 is 0 Å². The van der Waals surface area contributed by atoms with Crippen LogP contribution in [0.15, 0.2) is 12.1 Å². The van der Waals surface area contributed by atoms with Crippen LogP contribution in [0.5, 0.6) is 5.75 Å². The van der Waals surface area contributed by atoms with E-state index in [1.54, 1.807) is 19.2 Å². The highest BCUT2D eigenvalue weighted by Crippen LogP contribution is 2.32. The summed E-state index contributed by atoms with van der Waals surface area (Å²) in [7, 11) is 1.65. The summed E-state index contributed by atoms with van der Waals surface area (Å²) in [6.45, 7) is 1.20. The van der Waals surface area contributed by atoms with Crippen molar-refractivity contribution in [3.63, 3.8) is 0 Å². The summed E-state index contributed by atoms with van der Waals surface area (Å²) in [5.74, 6) is 0.609. The number of benzene rings is 1. The van der Waals surface area contributed by atoms with Gasteiger partial charge >= 0.3 is 0 Å². The van der Waals surface area contributed by atoms with Gasteiger partial charge in [0.05, 0.1) is 18.7 Å². The number of rotatable bonds is 5. The lowest BCUT2D eigenvalue weighted by Gasteiger charge is -2.10. The molecule has 5 heteroatoms. The van der Waals surface area contributed by atoms with Crippen LogP contribution in [0.4, 0.5) is 11.4 Å². The van der Waals surface area contributed by atoms with Crippen molar-refractivity contribution in [2.45, 2.75) is 12.8 Å². The van der Waals surface area contributed by atoms with E-state index in [1.165, 1.54) is 0 Å². The van der Waals surface area contributed by atoms with Gasteiger partial charge in [0.1, 0.15) is 5.75 Å². The highest BCUT2D eigenvalue weighted by atomic mass is 16.5. The standard InChI is InChI=1S/C12H16N2O3/c1-16-3-2-4-17-11-7-10-8(5-9(11)13)6-12(15)14-10/h5,7H,2-4,6,13H2,1H3,(H,14,15). The minimum Gasteiger partial charge on any atom is -0.491 e. The van der Waals surface area contributed by atoms with Crippen molar-refractivity contribution >= 4 is 17.3 Å². The maximum absolute atomic E-state index is 11.2. The highest BCUT2D eigenvalue weighted by Gasteiger charge is 2.19. The molecule has 0 aromatic heterocycles. The zero-order valence-electron chi connectivity index (χ0n) is 9.79. The molecule has 0 saturated heterocycles. The quantitative estimate of drug-likeness (QED) is 0.594. The normalized spacial score (nSPS) is 13.4. The van der Waals surface area contributed by atoms with Crippen LogP contribution in [0.2, 0.25) is 0 Å². The molecule has 0 spiro atoms. The molecule has 1 aliphatic rings. The summed E-state index contributed by atoms with van der Waals surface area (Å²) < 4.78 is 10.5. The van der Waals surface area contributed by atoms with Crippen LogP contribution in [0.25, 0.3) is 0 Å². The molecular weight excluding hydrogens is 220 g/mol. The van der Waals surface area contributed by atoms with E-state index < -0.39 is 0 Å². The van der Waals surface area contributed by atoms with Crippen LogP contribution in [0.1, 0.15) is 12.0 Å². The third kappa shape index (κ3) is 2.68. The van der Waals surface area contributed by atoms with Gasteiger partial charge in [-0.05, 0) is 11.6 Å². The Morgan fingerprint density at radius 2 is 2.24 bits per heavy atom. The Balaban J connectivity index is 2.03. The van der Waals surface area contributed by atoms with Crippen LogP contribution in [-0.2, 0) is 16.0 Å². The molecule has 2 rings (SSSR count). The first-order valence-electron chi connectivity index (χ1n) is 5.54. The van der Waals surface area contributed by atoms with Crippen molar-refractivity contribution < 1.29 is 14.3 Å². The minimum absolute atomic E-state index is 0.00377. The topological polar surface area (TPSA) is 73.6 Å². The molecule has 0 aliphatic carbocycles. The maximum Gasteiger partial charge on any atom is 0.228 e. The Morgan fingerprint density at radius 3 is 3.00 bits per heavy atom. The third-order valence-electron chi connectivity index (χ3n) is 2.61. The second-order valence-electron chi connectivity index (χ2n) is 3.97. The highest BCUT2D eigenvalue weighted by molar-refractivity contribution is 6.00. The monoisotopic (exact) mass is 236 g/mol. The molecule has 0 fully saturated rings. The van der Waals surface area contributed by atoms with E-state index in [4.69, 9.17) is 15.2 Å². The summed E-state index contributed by atoms with van der Waals surface area (Å²) in [5.41, 5.74) is 8.15. The molecule has 17 heavy (non-hydrogen) atoms. The number of hydrogen-bond donors (Lipinski definition) is 2. The van der Waals surface area contributed by atoms with E-state index >= 15 is 0 Å². The number of methoxy groups -OCH3 is 1. The molecule has 5 nitrogen and oxygen atoms in total. The summed E-state index contributed by atoms with van der Waals surface area (Å²) in [5, 5.41) is 2.77. The van der Waals surface area contributed by atoms with Gasteiger partial charge in [-0.25, -0.2) is 0 Å². The van der Waals surface area contributed by atoms with Gasteiger partial charge in [-0.3, -0.25) is 4.79 Å². The number of amides is 1. The van der Waals surface area contributed by atoms with Crippen LogP contribution in [0, 0.1) is 0 Å². The number of nitrogens with two attached hydrogens (primary N) is 1. The number of ether oxygens (including phenoxy) is 2. The first-order chi connectivity index (χ1) is 8.20. The molecule has 1 heterocycles. The van der Waals surface area contributed by atoms with Crippen molar-refractivity contribution in [1.82, 2.24) is 0 Å². The molecule has 3 N–H and O–H groups in total. The lowest BCUT2D eigenvalue weighted by Crippen LogP contribution is -2.04. The lowest BCUT2D eigenvalue weighted by molar-refractivity contribution is -0.115. The molecule has 1 amide bonds. The van der Waals surface area contributed by atoms with Crippen LogP contribution < -0.4 is 15.8 Å². The number of nitrogens with one attached hydrogen (secondary N) is 1. The minimum atomic E-state index is -0.00377. The van der Waals surface area contributed by atoms with E-state index in [0.29, 0.717) is 31.1 Å². The number of hydrogen-bond acceptors (Lipinski definition) is 4. The largest absolute Gasteiger partial charge is 0.491 e. The zero-order valence-corrected chi connectivity index (χ0v) is 9.79. The SMILES string of the molecule is COCCCOc1cc2c(cc1N)CC(=O)N2. The Bertz CT molecular complexity index is 432. The van der Waals surface area contributed by atoms with Gasteiger partial charge in [0, 0.05) is 31.9 Å². The first-order valence-corrected chi connectivity index (χ1v) is 5.54. The van der Waals surface area contributed by atoms with Gasteiger partial charge in [-0.15, -0.1) is 0 Å². The van der Waals surface area contributed by atoms with Crippen molar-refractivity contribution in [2.24, 2.45) is 0 Å². The number of anilines is 2. The fraction of sp³-hybridized carbons (Fsp3) is 0.417. The van der Waals surface area contributed by atoms with Gasteiger partial charge in [0.25, 0.3) is 0 Å². The summed E-state index contributed by atoms with van der Waals surface area (Å²) >= 11 is 0. The average Bonchev–Trinajstić information content (AvgIpc) is 2.63. The van der Waals surface area contributed by atoms with Crippen LogP contribution in [0.3, 0.4) is 0 Å². The van der Waals surface area contributed by atoms with Gasteiger partial charge in [0.15, 0.2) is 0 Å². The van der Waals surface area contributed by atoms with E-state index in [1.807, 2.05) is 0 Å². The summed E-state index contributed by atoms with van der Waals surface area (Å²) in [4.78, 5) is 11.2. The second-order valence-corrected chi connectivity index (χ2v) is 3.97. The molecule has 1 aliphatic heterocycles. The molecule has 0 atom stereocenters. The molecule has 0 bridgehead atoms. The average molecular weight is 236 g/mol. The predicted molar refractivity (Wildman–Crippen MR) is 65.2 cm³/mol. The number of fused-ring (bicyclic) bond motifs is 1. The van der Waals surface area contributed by atoms with Crippen LogP contribution in [-0.4, -0.2) is 26.2 Å². The second kappa shape index (κ2) is 5.05. The molecule has 0 unspecified atom stereocenters. The van der Waals surface area contributed by atoms with Crippen molar-refractivity contribution in [3.05, 3.63) is 17.7 Å². The molecule has 0 radical (unpaired) electrons. The van der Waals surface area contributed by atoms with E-state index in [9.17, 15) is 4.79 Å².